The van der Waals surface area contributed by atoms with Crippen LogP contribution < -0.4 is 15.5 Å². The molecule has 0 spiro atoms. The molecule has 256 valence electrons. The highest BCUT2D eigenvalue weighted by Gasteiger charge is 2.33. The molecule has 2 amide bonds. The van der Waals surface area contributed by atoms with Gasteiger partial charge in [-0.3, -0.25) is 19.4 Å². The number of thioether (sulfide) groups is 1. The molecule has 1 aliphatic rings. The van der Waals surface area contributed by atoms with Crippen molar-refractivity contribution < 1.29 is 32.7 Å². The van der Waals surface area contributed by atoms with E-state index in [1.165, 1.54) is 30.1 Å². The number of halogens is 4. The molecule has 0 aliphatic carbocycles. The number of carboxylic acid groups (broad SMARTS) is 1. The van der Waals surface area contributed by atoms with E-state index < -0.39 is 28.6 Å². The van der Waals surface area contributed by atoms with Crippen molar-refractivity contribution in [3.63, 3.8) is 0 Å². The SMILES string of the molecule is O=C(O)CCSCc1cccc(C(=O)Nc2ccc(N3CCCCC3)cc2-c2cc(C(=O)NCc3ccc(Cl)c(C(F)(F)F)c3)ccn2)c1. The molecule has 0 atom stereocenters. The molecule has 1 saturated heterocycles. The van der Waals surface area contributed by atoms with Crippen molar-refractivity contribution in [2.45, 2.75) is 44.2 Å². The van der Waals surface area contributed by atoms with E-state index in [-0.39, 0.29) is 30.0 Å². The number of carbonyl (C=O) groups excluding carboxylic acids is 2. The van der Waals surface area contributed by atoms with E-state index in [4.69, 9.17) is 16.7 Å². The number of aliphatic carboxylic acids is 1. The molecule has 1 fully saturated rings. The van der Waals surface area contributed by atoms with E-state index in [9.17, 15) is 27.6 Å². The highest BCUT2D eigenvalue weighted by molar-refractivity contribution is 7.98. The molecule has 0 radical (unpaired) electrons. The van der Waals surface area contributed by atoms with Crippen molar-refractivity contribution in [2.24, 2.45) is 0 Å². The Morgan fingerprint density at radius 2 is 1.67 bits per heavy atom. The van der Waals surface area contributed by atoms with Crippen LogP contribution in [0.2, 0.25) is 5.02 Å². The van der Waals surface area contributed by atoms with Crippen molar-refractivity contribution in [1.82, 2.24) is 10.3 Å². The fraction of sp³-hybridized carbons (Fsp3) is 0.278. The zero-order valence-corrected chi connectivity index (χ0v) is 27.9. The Morgan fingerprint density at radius 1 is 0.898 bits per heavy atom. The number of carboxylic acids is 1. The highest BCUT2D eigenvalue weighted by atomic mass is 35.5. The quantitative estimate of drug-likeness (QED) is 0.127. The van der Waals surface area contributed by atoms with Crippen LogP contribution in [0.4, 0.5) is 24.5 Å². The number of nitrogens with one attached hydrogen (secondary N) is 2. The van der Waals surface area contributed by atoms with Crippen LogP contribution in [0.5, 0.6) is 0 Å². The number of anilines is 2. The molecule has 5 rings (SSSR count). The van der Waals surface area contributed by atoms with Gasteiger partial charge in [-0.2, -0.15) is 24.9 Å². The van der Waals surface area contributed by atoms with E-state index in [0.29, 0.717) is 34.0 Å². The van der Waals surface area contributed by atoms with Gasteiger partial charge >= 0.3 is 12.1 Å². The molecule has 1 aromatic heterocycles. The number of aromatic nitrogens is 1. The van der Waals surface area contributed by atoms with Crippen molar-refractivity contribution in [3.05, 3.63) is 112 Å². The van der Waals surface area contributed by atoms with Gasteiger partial charge in [0.2, 0.25) is 0 Å². The number of hydrogen-bond acceptors (Lipinski definition) is 6. The second-order valence-electron chi connectivity index (χ2n) is 11.6. The maximum absolute atomic E-state index is 13.5. The number of alkyl halides is 3. The minimum Gasteiger partial charge on any atom is -0.481 e. The van der Waals surface area contributed by atoms with Gasteiger partial charge in [0.15, 0.2) is 0 Å². The molecule has 49 heavy (non-hydrogen) atoms. The lowest BCUT2D eigenvalue weighted by molar-refractivity contribution is -0.138. The van der Waals surface area contributed by atoms with Crippen molar-refractivity contribution >= 4 is 52.5 Å². The summed E-state index contributed by atoms with van der Waals surface area (Å²) < 4.78 is 40.0. The number of hydrogen-bond donors (Lipinski definition) is 3. The van der Waals surface area contributed by atoms with Crippen LogP contribution in [-0.4, -0.2) is 46.7 Å². The Labute approximate surface area is 291 Å². The minimum absolute atomic E-state index is 0.0586. The van der Waals surface area contributed by atoms with Gasteiger partial charge in [-0.1, -0.05) is 29.8 Å². The molecule has 3 aromatic carbocycles. The molecular formula is C36H34ClF3N4O4S. The largest absolute Gasteiger partial charge is 0.481 e. The molecule has 3 N–H and O–H groups in total. The highest BCUT2D eigenvalue weighted by Crippen LogP contribution is 2.36. The zero-order chi connectivity index (χ0) is 35.0. The molecule has 4 aromatic rings. The fourth-order valence-electron chi connectivity index (χ4n) is 5.45. The van der Waals surface area contributed by atoms with Crippen molar-refractivity contribution in [1.29, 1.82) is 0 Å². The zero-order valence-electron chi connectivity index (χ0n) is 26.4. The molecule has 0 saturated carbocycles. The number of piperidine rings is 1. The smallest absolute Gasteiger partial charge is 0.417 e. The van der Waals surface area contributed by atoms with Gasteiger partial charge in [0.25, 0.3) is 11.8 Å². The normalized spacial score (nSPS) is 13.2. The van der Waals surface area contributed by atoms with Gasteiger partial charge in [0.05, 0.1) is 28.4 Å². The third-order valence-electron chi connectivity index (χ3n) is 7.98. The summed E-state index contributed by atoms with van der Waals surface area (Å²) in [7, 11) is 0. The van der Waals surface area contributed by atoms with Crippen LogP contribution in [-0.2, 0) is 23.3 Å². The first-order chi connectivity index (χ1) is 23.5. The fourth-order valence-corrected chi connectivity index (χ4v) is 6.55. The molecule has 2 heterocycles. The number of carbonyl (C=O) groups is 3. The maximum Gasteiger partial charge on any atom is 0.417 e. The minimum atomic E-state index is -4.63. The van der Waals surface area contributed by atoms with Crippen LogP contribution in [0.1, 0.15) is 63.1 Å². The lowest BCUT2D eigenvalue weighted by atomic mass is 10.0. The number of amides is 2. The second-order valence-corrected chi connectivity index (χ2v) is 13.1. The standard InChI is InChI=1S/C36H34ClF3N4O4S/c37-30-9-7-23(18-29(30)36(38,39)40)21-42-34(47)26-11-13-41-32(19-26)28-20-27(44-14-2-1-3-15-44)8-10-31(28)43-35(48)25-6-4-5-24(17-25)22-49-16-12-33(45)46/h4-11,13,17-20H,1-3,12,14-16,21-22H2,(H,42,47)(H,43,48)(H,45,46). The molecule has 0 bridgehead atoms. The number of benzene rings is 3. The first kappa shape index (κ1) is 35.7. The summed E-state index contributed by atoms with van der Waals surface area (Å²) in [5.74, 6) is -0.695. The predicted octanol–water partition coefficient (Wildman–Crippen LogP) is 8.30. The number of rotatable bonds is 12. The van der Waals surface area contributed by atoms with E-state index in [2.05, 4.69) is 20.5 Å². The third-order valence-corrected chi connectivity index (χ3v) is 9.34. The van der Waals surface area contributed by atoms with Gasteiger partial charge in [-0.25, -0.2) is 0 Å². The van der Waals surface area contributed by atoms with Gasteiger partial charge in [0, 0.05) is 59.7 Å². The van der Waals surface area contributed by atoms with E-state index in [0.717, 1.165) is 55.7 Å². The summed E-state index contributed by atoms with van der Waals surface area (Å²) in [4.78, 5) is 44.3. The van der Waals surface area contributed by atoms with Gasteiger partial charge in [0.1, 0.15) is 0 Å². The average molecular weight is 711 g/mol. The van der Waals surface area contributed by atoms with Crippen LogP contribution in [0, 0.1) is 0 Å². The van der Waals surface area contributed by atoms with Crippen LogP contribution >= 0.6 is 23.4 Å². The monoisotopic (exact) mass is 710 g/mol. The first-order valence-corrected chi connectivity index (χ1v) is 17.2. The number of pyridine rings is 1. The van der Waals surface area contributed by atoms with Crippen molar-refractivity contribution in [2.75, 3.05) is 29.1 Å². The van der Waals surface area contributed by atoms with Gasteiger partial charge < -0.3 is 20.6 Å². The Hall–Kier alpha value is -4.55. The molecular weight excluding hydrogens is 677 g/mol. The summed E-state index contributed by atoms with van der Waals surface area (Å²) in [6.07, 6.45) is 0.177. The lowest BCUT2D eigenvalue weighted by Crippen LogP contribution is -2.29. The van der Waals surface area contributed by atoms with E-state index in [1.807, 2.05) is 24.3 Å². The summed E-state index contributed by atoms with van der Waals surface area (Å²) in [5, 5.41) is 14.1. The summed E-state index contributed by atoms with van der Waals surface area (Å²) in [6, 6.07) is 19.4. The Balaban J connectivity index is 1.37. The molecule has 13 heteroatoms. The summed E-state index contributed by atoms with van der Waals surface area (Å²) in [6.45, 7) is 1.62. The van der Waals surface area contributed by atoms with Crippen molar-refractivity contribution in [3.8, 4) is 11.3 Å². The van der Waals surface area contributed by atoms with Crippen LogP contribution in [0.15, 0.2) is 79.0 Å². The molecule has 1 aliphatic heterocycles. The first-order valence-electron chi connectivity index (χ1n) is 15.7. The third kappa shape index (κ3) is 9.76. The second kappa shape index (κ2) is 16.2. The summed E-state index contributed by atoms with van der Waals surface area (Å²) in [5.41, 5.74) is 3.28. The molecule has 0 unspecified atom stereocenters. The van der Waals surface area contributed by atoms with Gasteiger partial charge in [-0.15, -0.1) is 0 Å². The predicted molar refractivity (Wildman–Crippen MR) is 186 cm³/mol. The Kier molecular flexibility index (Phi) is 11.8. The number of nitrogens with zero attached hydrogens (tertiary/aromatic N) is 2. The van der Waals surface area contributed by atoms with Gasteiger partial charge in [-0.05, 0) is 85.0 Å². The average Bonchev–Trinajstić information content (AvgIpc) is 3.09. The summed E-state index contributed by atoms with van der Waals surface area (Å²) >= 11 is 7.21. The van der Waals surface area contributed by atoms with E-state index >= 15 is 0 Å². The van der Waals surface area contributed by atoms with Crippen LogP contribution in [0.25, 0.3) is 11.3 Å². The van der Waals surface area contributed by atoms with Crippen LogP contribution in [0.3, 0.4) is 0 Å². The Bertz CT molecular complexity index is 1830. The lowest BCUT2D eigenvalue weighted by Gasteiger charge is -2.29. The van der Waals surface area contributed by atoms with E-state index in [1.54, 1.807) is 24.3 Å². The molecule has 8 nitrogen and oxygen atoms in total. The maximum atomic E-state index is 13.5. The topological polar surface area (TPSA) is 112 Å². The Morgan fingerprint density at radius 3 is 2.43 bits per heavy atom.